The van der Waals surface area contributed by atoms with Gasteiger partial charge in [0.2, 0.25) is 5.91 Å². The third kappa shape index (κ3) is 6.00. The number of para-hydroxylation sites is 1. The van der Waals surface area contributed by atoms with Gasteiger partial charge in [0.05, 0.1) is 11.1 Å². The zero-order valence-corrected chi connectivity index (χ0v) is 20.5. The van der Waals surface area contributed by atoms with E-state index in [0.29, 0.717) is 10.8 Å². The average molecular weight is 485 g/mol. The number of aromatic nitrogens is 1. The largest absolute Gasteiger partial charge is 0.483 e. The minimum atomic E-state index is -0.165. The number of likely N-dealkylation sites (tertiary alicyclic amines) is 1. The second kappa shape index (κ2) is 11.6. The van der Waals surface area contributed by atoms with Gasteiger partial charge in [-0.1, -0.05) is 36.7 Å². The normalized spacial score (nSPS) is 17.5. The van der Waals surface area contributed by atoms with Crippen LogP contribution in [0.25, 0.3) is 0 Å². The predicted octanol–water partition coefficient (Wildman–Crippen LogP) is 4.22. The summed E-state index contributed by atoms with van der Waals surface area (Å²) in [5.74, 6) is 1.60. The lowest BCUT2D eigenvalue weighted by Crippen LogP contribution is -2.41. The number of carbonyl (C=O) groups excluding carboxylic acids is 2. The number of anilines is 1. The molecule has 0 spiro atoms. The van der Waals surface area contributed by atoms with Crippen LogP contribution in [0.15, 0.2) is 42.6 Å². The molecule has 34 heavy (non-hydrogen) atoms. The molecular weight excluding hydrogens is 452 g/mol. The number of halogens is 1. The standard InChI is InChI=1S/C26H33ClN4O3/c1-2-22(21-7-3-4-8-23(21)34-18-25(32)31-13-5-6-14-31)29-26(33)19-11-15-30(16-12-19)24-10-9-20(27)17-28-24/h3-4,7-10,17,19,22H,2,5-6,11-16,18H2,1H3,(H,29,33). The van der Waals surface area contributed by atoms with Gasteiger partial charge in [0.15, 0.2) is 6.61 Å². The van der Waals surface area contributed by atoms with Crippen LogP contribution in [0.5, 0.6) is 5.75 Å². The van der Waals surface area contributed by atoms with E-state index in [4.69, 9.17) is 16.3 Å². The molecule has 2 aliphatic heterocycles. The highest BCUT2D eigenvalue weighted by molar-refractivity contribution is 6.30. The fraction of sp³-hybridized carbons (Fsp3) is 0.500. The highest BCUT2D eigenvalue weighted by Crippen LogP contribution is 2.29. The van der Waals surface area contributed by atoms with Gasteiger partial charge in [0, 0.05) is 43.9 Å². The Kier molecular flexibility index (Phi) is 8.27. The number of rotatable bonds is 8. The Bertz CT molecular complexity index is 970. The maximum Gasteiger partial charge on any atom is 0.260 e. The Balaban J connectivity index is 1.33. The lowest BCUT2D eigenvalue weighted by molar-refractivity contribution is -0.132. The molecule has 8 heteroatoms. The van der Waals surface area contributed by atoms with Crippen LogP contribution in [0.2, 0.25) is 5.02 Å². The van der Waals surface area contributed by atoms with Crippen molar-refractivity contribution in [2.24, 2.45) is 5.92 Å². The Labute approximate surface area is 206 Å². The van der Waals surface area contributed by atoms with Crippen LogP contribution in [-0.4, -0.2) is 54.5 Å². The molecule has 0 saturated carbocycles. The molecule has 2 aromatic rings. The third-order valence-electron chi connectivity index (χ3n) is 6.73. The number of nitrogens with zero attached hydrogens (tertiary/aromatic N) is 3. The second-order valence-corrected chi connectivity index (χ2v) is 9.42. The molecule has 4 rings (SSSR count). The van der Waals surface area contributed by atoms with Crippen molar-refractivity contribution in [3.05, 3.63) is 53.2 Å². The number of carbonyl (C=O) groups is 2. The zero-order valence-electron chi connectivity index (χ0n) is 19.7. The highest BCUT2D eigenvalue weighted by Gasteiger charge is 2.28. The Morgan fingerprint density at radius 2 is 1.85 bits per heavy atom. The Hall–Kier alpha value is -2.80. The summed E-state index contributed by atoms with van der Waals surface area (Å²) in [6.45, 7) is 5.25. The average Bonchev–Trinajstić information content (AvgIpc) is 3.42. The molecule has 3 heterocycles. The minimum absolute atomic E-state index is 0.0197. The molecule has 7 nitrogen and oxygen atoms in total. The number of pyridine rings is 1. The monoisotopic (exact) mass is 484 g/mol. The quantitative estimate of drug-likeness (QED) is 0.607. The van der Waals surface area contributed by atoms with Crippen LogP contribution < -0.4 is 15.0 Å². The van der Waals surface area contributed by atoms with Crippen molar-refractivity contribution in [1.82, 2.24) is 15.2 Å². The van der Waals surface area contributed by atoms with E-state index in [-0.39, 0.29) is 30.4 Å². The van der Waals surface area contributed by atoms with Crippen LogP contribution >= 0.6 is 11.6 Å². The lowest BCUT2D eigenvalue weighted by atomic mass is 9.94. The van der Waals surface area contributed by atoms with E-state index in [9.17, 15) is 9.59 Å². The molecule has 1 aromatic carbocycles. The molecule has 182 valence electrons. The molecular formula is C26H33ClN4O3. The molecule has 2 aliphatic rings. The number of amides is 2. The number of hydrogen-bond acceptors (Lipinski definition) is 5. The lowest BCUT2D eigenvalue weighted by Gasteiger charge is -2.33. The Morgan fingerprint density at radius 3 is 2.53 bits per heavy atom. The van der Waals surface area contributed by atoms with E-state index in [2.05, 4.69) is 15.2 Å². The number of hydrogen-bond donors (Lipinski definition) is 1. The van der Waals surface area contributed by atoms with Crippen LogP contribution in [0.3, 0.4) is 0 Å². The van der Waals surface area contributed by atoms with Crippen LogP contribution in [0.4, 0.5) is 5.82 Å². The topological polar surface area (TPSA) is 74.8 Å². The van der Waals surface area contributed by atoms with Gasteiger partial charge in [0.1, 0.15) is 11.6 Å². The summed E-state index contributed by atoms with van der Waals surface area (Å²) in [6, 6.07) is 11.3. The first kappa shape index (κ1) is 24.3. The molecule has 0 bridgehead atoms. The van der Waals surface area contributed by atoms with Crippen molar-refractivity contribution >= 4 is 29.2 Å². The summed E-state index contributed by atoms with van der Waals surface area (Å²) >= 11 is 5.94. The molecule has 1 atom stereocenters. The minimum Gasteiger partial charge on any atom is -0.483 e. The molecule has 1 unspecified atom stereocenters. The van der Waals surface area contributed by atoms with E-state index in [0.717, 1.165) is 69.7 Å². The van der Waals surface area contributed by atoms with Gasteiger partial charge in [-0.15, -0.1) is 0 Å². The van der Waals surface area contributed by atoms with Crippen molar-refractivity contribution in [2.75, 3.05) is 37.7 Å². The molecule has 2 saturated heterocycles. The first-order valence-electron chi connectivity index (χ1n) is 12.2. The Morgan fingerprint density at radius 1 is 1.12 bits per heavy atom. The second-order valence-electron chi connectivity index (χ2n) is 8.98. The summed E-state index contributed by atoms with van der Waals surface area (Å²) in [6.07, 6.45) is 6.05. The maximum atomic E-state index is 13.1. The SMILES string of the molecule is CCC(NC(=O)C1CCN(c2ccc(Cl)cn2)CC1)c1ccccc1OCC(=O)N1CCCC1. The number of ether oxygens (including phenoxy) is 1. The van der Waals surface area contributed by atoms with E-state index in [1.165, 1.54) is 0 Å². The number of piperidine rings is 1. The molecule has 2 fully saturated rings. The zero-order chi connectivity index (χ0) is 23.9. The smallest absolute Gasteiger partial charge is 0.260 e. The van der Waals surface area contributed by atoms with Gasteiger partial charge in [0.25, 0.3) is 5.91 Å². The molecule has 1 aromatic heterocycles. The summed E-state index contributed by atoms with van der Waals surface area (Å²) in [7, 11) is 0. The van der Waals surface area contributed by atoms with Gasteiger partial charge in [-0.05, 0) is 50.3 Å². The fourth-order valence-corrected chi connectivity index (χ4v) is 4.82. The van der Waals surface area contributed by atoms with Gasteiger partial charge in [-0.25, -0.2) is 4.98 Å². The van der Waals surface area contributed by atoms with Crippen molar-refractivity contribution in [2.45, 2.75) is 45.1 Å². The predicted molar refractivity (Wildman–Crippen MR) is 133 cm³/mol. The van der Waals surface area contributed by atoms with E-state index in [1.807, 2.05) is 48.2 Å². The van der Waals surface area contributed by atoms with E-state index in [1.54, 1.807) is 6.20 Å². The summed E-state index contributed by atoms with van der Waals surface area (Å²) in [5, 5.41) is 3.85. The maximum absolute atomic E-state index is 13.1. The van der Waals surface area contributed by atoms with Crippen molar-refractivity contribution < 1.29 is 14.3 Å². The van der Waals surface area contributed by atoms with Crippen molar-refractivity contribution in [3.63, 3.8) is 0 Å². The summed E-state index contributed by atoms with van der Waals surface area (Å²) in [4.78, 5) is 34.0. The molecule has 0 radical (unpaired) electrons. The first-order chi connectivity index (χ1) is 16.5. The van der Waals surface area contributed by atoms with Gasteiger partial charge < -0.3 is 19.9 Å². The van der Waals surface area contributed by atoms with Crippen LogP contribution in [-0.2, 0) is 9.59 Å². The van der Waals surface area contributed by atoms with Gasteiger partial charge in [-0.3, -0.25) is 9.59 Å². The first-order valence-corrected chi connectivity index (χ1v) is 12.6. The van der Waals surface area contributed by atoms with Crippen molar-refractivity contribution in [3.8, 4) is 5.75 Å². The third-order valence-corrected chi connectivity index (χ3v) is 6.95. The van der Waals surface area contributed by atoms with Crippen LogP contribution in [0, 0.1) is 5.92 Å². The molecule has 2 amide bonds. The van der Waals surface area contributed by atoms with Gasteiger partial charge >= 0.3 is 0 Å². The number of nitrogens with one attached hydrogen (secondary N) is 1. The molecule has 1 N–H and O–H groups in total. The molecule has 0 aliphatic carbocycles. The van der Waals surface area contributed by atoms with Crippen LogP contribution in [0.1, 0.15) is 50.6 Å². The van der Waals surface area contributed by atoms with Crippen molar-refractivity contribution in [1.29, 1.82) is 0 Å². The van der Waals surface area contributed by atoms with E-state index < -0.39 is 0 Å². The fourth-order valence-electron chi connectivity index (χ4n) is 4.71. The van der Waals surface area contributed by atoms with Gasteiger partial charge in [-0.2, -0.15) is 0 Å². The summed E-state index contributed by atoms with van der Waals surface area (Å²) in [5.41, 5.74) is 0.912. The highest BCUT2D eigenvalue weighted by atomic mass is 35.5. The van der Waals surface area contributed by atoms with E-state index >= 15 is 0 Å². The summed E-state index contributed by atoms with van der Waals surface area (Å²) < 4.78 is 5.93. The number of benzene rings is 1.